The highest BCUT2D eigenvalue weighted by molar-refractivity contribution is 7.98. The first-order valence-corrected chi connectivity index (χ1v) is 14.9. The van der Waals surface area contributed by atoms with E-state index in [0.29, 0.717) is 61.9 Å². The van der Waals surface area contributed by atoms with Crippen LogP contribution in [0.25, 0.3) is 0 Å². The maximum Gasteiger partial charge on any atom is 0.251 e. The minimum absolute atomic E-state index is 0.0625. The molecular formula is C30H35N5O5S. The van der Waals surface area contributed by atoms with Crippen LogP contribution in [0.2, 0.25) is 0 Å². The molecule has 0 saturated carbocycles. The molecule has 216 valence electrons. The predicted molar refractivity (Wildman–Crippen MR) is 155 cm³/mol. The van der Waals surface area contributed by atoms with E-state index in [4.69, 9.17) is 14.2 Å². The van der Waals surface area contributed by atoms with E-state index in [1.54, 1.807) is 25.3 Å². The van der Waals surface area contributed by atoms with Crippen LogP contribution in [0.4, 0.5) is 0 Å². The Labute approximate surface area is 244 Å². The van der Waals surface area contributed by atoms with Crippen molar-refractivity contribution >= 4 is 23.6 Å². The molecule has 2 amide bonds. The van der Waals surface area contributed by atoms with Crippen LogP contribution in [0.15, 0.2) is 60.0 Å². The average molecular weight is 578 g/mol. The number of hydrogen-bond acceptors (Lipinski definition) is 9. The molecule has 11 heteroatoms. The molecule has 3 heterocycles. The van der Waals surface area contributed by atoms with Crippen LogP contribution in [0, 0.1) is 0 Å². The Hall–Kier alpha value is -3.67. The number of methoxy groups -OCH3 is 1. The zero-order chi connectivity index (χ0) is 28.6. The Morgan fingerprint density at radius 2 is 1.98 bits per heavy atom. The van der Waals surface area contributed by atoms with Gasteiger partial charge in [0.15, 0.2) is 5.16 Å². The fourth-order valence-electron chi connectivity index (χ4n) is 5.02. The Morgan fingerprint density at radius 3 is 2.78 bits per heavy atom. The maximum atomic E-state index is 13.0. The summed E-state index contributed by atoms with van der Waals surface area (Å²) in [5, 5.41) is 6.84. The fraction of sp³-hybridized carbons (Fsp3) is 0.400. The monoisotopic (exact) mass is 577 g/mol. The van der Waals surface area contributed by atoms with E-state index in [0.717, 1.165) is 29.2 Å². The number of amides is 2. The molecule has 2 aliphatic rings. The topological polar surface area (TPSA) is 115 Å². The van der Waals surface area contributed by atoms with Gasteiger partial charge in [-0.05, 0) is 48.9 Å². The third-order valence-electron chi connectivity index (χ3n) is 7.09. The number of benzene rings is 2. The van der Waals surface area contributed by atoms with Crippen LogP contribution in [0.1, 0.15) is 40.7 Å². The van der Waals surface area contributed by atoms with Crippen LogP contribution in [-0.2, 0) is 22.7 Å². The molecule has 41 heavy (non-hydrogen) atoms. The second kappa shape index (κ2) is 13.8. The summed E-state index contributed by atoms with van der Waals surface area (Å²) in [6.07, 6.45) is 7.10. The van der Waals surface area contributed by atoms with Gasteiger partial charge in [-0.3, -0.25) is 14.5 Å². The summed E-state index contributed by atoms with van der Waals surface area (Å²) in [6, 6.07) is 12.6. The smallest absolute Gasteiger partial charge is 0.251 e. The lowest BCUT2D eigenvalue weighted by molar-refractivity contribution is -0.124. The molecule has 0 aliphatic carbocycles. The predicted octanol–water partition coefficient (Wildman–Crippen LogP) is 3.80. The molecule has 5 rings (SSSR count). The molecule has 10 nitrogen and oxygen atoms in total. The van der Waals surface area contributed by atoms with Crippen molar-refractivity contribution in [3.63, 3.8) is 0 Å². The number of aromatic nitrogens is 2. The molecule has 0 unspecified atom stereocenters. The molecule has 1 fully saturated rings. The average Bonchev–Trinajstić information content (AvgIpc) is 2.99. The quantitative estimate of drug-likeness (QED) is 0.353. The highest BCUT2D eigenvalue weighted by Gasteiger charge is 2.31. The number of carbonyl (C=O) groups excluding carboxylic acids is 2. The van der Waals surface area contributed by atoms with Crippen molar-refractivity contribution in [2.45, 2.75) is 49.7 Å². The van der Waals surface area contributed by atoms with Gasteiger partial charge in [-0.2, -0.15) is 0 Å². The Balaban J connectivity index is 1.32. The van der Waals surface area contributed by atoms with Gasteiger partial charge in [0.25, 0.3) is 5.91 Å². The summed E-state index contributed by atoms with van der Waals surface area (Å²) in [5.41, 5.74) is 2.40. The van der Waals surface area contributed by atoms with Gasteiger partial charge in [0.2, 0.25) is 5.91 Å². The second-order valence-corrected chi connectivity index (χ2v) is 10.9. The van der Waals surface area contributed by atoms with Crippen LogP contribution in [0.3, 0.4) is 0 Å². The minimum Gasteiger partial charge on any atom is -0.497 e. The number of nitrogens with zero attached hydrogens (tertiary/aromatic N) is 3. The summed E-state index contributed by atoms with van der Waals surface area (Å²) >= 11 is 1.51. The SMILES string of the molecule is COc1cc2cc(c1)C(=O)NCCCC(=O)N[C@H]1CN(Cc3cnc(SC)nc3)CC[C@@H]1OCc1cccc(c1)O2. The van der Waals surface area contributed by atoms with Crippen molar-refractivity contribution in [3.8, 4) is 17.2 Å². The lowest BCUT2D eigenvalue weighted by Crippen LogP contribution is -2.55. The van der Waals surface area contributed by atoms with E-state index in [9.17, 15) is 9.59 Å². The Bertz CT molecular complexity index is 1360. The summed E-state index contributed by atoms with van der Waals surface area (Å²) in [7, 11) is 1.55. The van der Waals surface area contributed by atoms with Gasteiger partial charge in [-0.25, -0.2) is 9.97 Å². The van der Waals surface area contributed by atoms with Crippen LogP contribution >= 0.6 is 11.8 Å². The number of piperidine rings is 1. The van der Waals surface area contributed by atoms with Gasteiger partial charge in [0.1, 0.15) is 17.2 Å². The van der Waals surface area contributed by atoms with E-state index in [2.05, 4.69) is 25.5 Å². The number of fused-ring (bicyclic) bond motifs is 5. The fourth-order valence-corrected chi connectivity index (χ4v) is 5.33. The lowest BCUT2D eigenvalue weighted by atomic mass is 10.0. The minimum atomic E-state index is -0.255. The number of nitrogens with one attached hydrogen (secondary N) is 2. The zero-order valence-corrected chi connectivity index (χ0v) is 24.1. The first-order valence-electron chi connectivity index (χ1n) is 13.7. The van der Waals surface area contributed by atoms with E-state index in [1.165, 1.54) is 11.8 Å². The summed E-state index contributed by atoms with van der Waals surface area (Å²) in [5.74, 6) is 1.32. The van der Waals surface area contributed by atoms with Gasteiger partial charge in [-0.1, -0.05) is 23.9 Å². The molecule has 2 aromatic carbocycles. The first kappa shape index (κ1) is 28.8. The van der Waals surface area contributed by atoms with Crippen molar-refractivity contribution < 1.29 is 23.8 Å². The van der Waals surface area contributed by atoms with E-state index < -0.39 is 0 Å². The molecule has 1 saturated heterocycles. The van der Waals surface area contributed by atoms with Gasteiger partial charge < -0.3 is 24.8 Å². The number of rotatable bonds is 4. The Morgan fingerprint density at radius 1 is 1.12 bits per heavy atom. The highest BCUT2D eigenvalue weighted by Crippen LogP contribution is 2.29. The van der Waals surface area contributed by atoms with Gasteiger partial charge in [-0.15, -0.1) is 0 Å². The molecule has 0 spiro atoms. The van der Waals surface area contributed by atoms with Crippen molar-refractivity contribution in [3.05, 3.63) is 71.5 Å². The Kier molecular flexibility index (Phi) is 9.71. The van der Waals surface area contributed by atoms with Gasteiger partial charge in [0, 0.05) is 62.2 Å². The molecule has 0 radical (unpaired) electrons. The molecule has 1 aromatic heterocycles. The zero-order valence-electron chi connectivity index (χ0n) is 23.3. The van der Waals surface area contributed by atoms with Crippen LogP contribution in [0.5, 0.6) is 17.2 Å². The van der Waals surface area contributed by atoms with Gasteiger partial charge in [0.05, 0.1) is 25.9 Å². The molecule has 4 bridgehead atoms. The number of hydrogen-bond donors (Lipinski definition) is 2. The van der Waals surface area contributed by atoms with E-state index in [-0.39, 0.29) is 24.0 Å². The van der Waals surface area contributed by atoms with Crippen LogP contribution < -0.4 is 20.1 Å². The van der Waals surface area contributed by atoms with Crippen LogP contribution in [-0.4, -0.2) is 71.8 Å². The third kappa shape index (κ3) is 7.96. The van der Waals surface area contributed by atoms with Crippen molar-refractivity contribution in [2.24, 2.45) is 0 Å². The summed E-state index contributed by atoms with van der Waals surface area (Å²) in [6.45, 7) is 2.92. The molecule has 2 aliphatic heterocycles. The second-order valence-electron chi connectivity index (χ2n) is 10.1. The van der Waals surface area contributed by atoms with Crippen molar-refractivity contribution in [2.75, 3.05) is 33.0 Å². The molecule has 2 N–H and O–H groups in total. The van der Waals surface area contributed by atoms with E-state index >= 15 is 0 Å². The normalized spacial score (nSPS) is 20.4. The molecule has 3 aromatic rings. The summed E-state index contributed by atoms with van der Waals surface area (Å²) in [4.78, 5) is 36.9. The number of thioether (sulfide) groups is 1. The highest BCUT2D eigenvalue weighted by atomic mass is 32.2. The van der Waals surface area contributed by atoms with Crippen molar-refractivity contribution in [1.82, 2.24) is 25.5 Å². The number of likely N-dealkylation sites (tertiary alicyclic amines) is 1. The van der Waals surface area contributed by atoms with E-state index in [1.807, 2.05) is 42.9 Å². The van der Waals surface area contributed by atoms with Crippen molar-refractivity contribution in [1.29, 1.82) is 0 Å². The molecular weight excluding hydrogens is 542 g/mol. The van der Waals surface area contributed by atoms with Gasteiger partial charge >= 0.3 is 0 Å². The number of ether oxygens (including phenoxy) is 3. The first-order chi connectivity index (χ1) is 20.0. The maximum absolute atomic E-state index is 13.0. The summed E-state index contributed by atoms with van der Waals surface area (Å²) < 4.78 is 17.9. The lowest BCUT2D eigenvalue weighted by Gasteiger charge is -2.38. The standard InChI is InChI=1S/C30H35N5O5S/c1-38-24-12-22-13-25(14-24)40-23-6-3-5-20(11-23)19-39-27-8-10-35(17-21-15-32-30(41-2)33-16-21)18-26(27)34-28(36)7-4-9-31-29(22)37/h3,5-6,11-16,26-27H,4,7-10,17-19H2,1-2H3,(H,31,37)(H,34,36)/t26-,27-/m0/s1. The molecule has 2 atom stereocenters. The third-order valence-corrected chi connectivity index (χ3v) is 7.67. The largest absolute Gasteiger partial charge is 0.497 e. The number of carbonyl (C=O) groups is 2.